The Morgan fingerprint density at radius 1 is 0.750 bits per heavy atom. The quantitative estimate of drug-likeness (QED) is 0.0747. The fourth-order valence-electron chi connectivity index (χ4n) is 4.04. The highest BCUT2D eigenvalue weighted by Gasteiger charge is 2.35. The minimum atomic E-state index is -4.80. The van der Waals surface area contributed by atoms with Gasteiger partial charge in [-0.3, -0.25) is 14.1 Å². The molecule has 0 fully saturated rings. The molecule has 7 nitrogen and oxygen atoms in total. The van der Waals surface area contributed by atoms with E-state index in [-0.39, 0.29) is 12.4 Å². The van der Waals surface area contributed by atoms with Gasteiger partial charge in [-0.25, -0.2) is 0 Å². The van der Waals surface area contributed by atoms with E-state index in [1.807, 2.05) is 0 Å². The normalized spacial score (nSPS) is 12.3. The number of benzene rings is 1. The van der Waals surface area contributed by atoms with Crippen molar-refractivity contribution >= 4 is 22.1 Å². The topological polar surface area (TPSA) is 107 Å². The van der Waals surface area contributed by atoms with Gasteiger partial charge in [0.25, 0.3) is 10.1 Å². The van der Waals surface area contributed by atoms with Gasteiger partial charge in [-0.15, -0.1) is 0 Å². The smallest absolute Gasteiger partial charge is 0.327 e. The first-order valence-corrected chi connectivity index (χ1v) is 15.2. The molecule has 0 bridgehead atoms. The third kappa shape index (κ3) is 16.7. The summed E-state index contributed by atoms with van der Waals surface area (Å²) in [5.41, 5.74) is 0. The SMILES string of the molecule is CCCCCCCCCCCCCCCCCCOC(=O)C(CC(=O)Oc1ccccc1)S(=O)(=O)O. The van der Waals surface area contributed by atoms with Crippen LogP contribution in [0.1, 0.15) is 116 Å². The molecule has 0 spiro atoms. The van der Waals surface area contributed by atoms with E-state index in [1.54, 1.807) is 18.2 Å². The van der Waals surface area contributed by atoms with Gasteiger partial charge in [-0.2, -0.15) is 8.42 Å². The van der Waals surface area contributed by atoms with Gasteiger partial charge >= 0.3 is 11.9 Å². The van der Waals surface area contributed by atoms with E-state index in [0.717, 1.165) is 19.3 Å². The summed E-state index contributed by atoms with van der Waals surface area (Å²) in [6, 6.07) is 8.07. The molecular formula is C28H46O7S. The second-order valence-electron chi connectivity index (χ2n) is 9.47. The number of para-hydroxylation sites is 1. The third-order valence-corrected chi connectivity index (χ3v) is 7.27. The number of rotatable bonds is 22. The lowest BCUT2D eigenvalue weighted by Crippen LogP contribution is -2.35. The predicted molar refractivity (Wildman–Crippen MR) is 143 cm³/mol. The Morgan fingerprint density at radius 2 is 1.19 bits per heavy atom. The second kappa shape index (κ2) is 20.2. The average molecular weight is 527 g/mol. The molecule has 1 N–H and O–H groups in total. The Bertz CT molecular complexity index is 808. The summed E-state index contributed by atoms with van der Waals surface area (Å²) in [7, 11) is -4.80. The molecule has 0 aliphatic carbocycles. The molecule has 36 heavy (non-hydrogen) atoms. The highest BCUT2D eigenvalue weighted by molar-refractivity contribution is 7.87. The Labute approximate surface area is 218 Å². The van der Waals surface area contributed by atoms with Gasteiger partial charge in [0.05, 0.1) is 13.0 Å². The highest BCUT2D eigenvalue weighted by Crippen LogP contribution is 2.15. The Morgan fingerprint density at radius 3 is 1.64 bits per heavy atom. The van der Waals surface area contributed by atoms with E-state index in [9.17, 15) is 22.6 Å². The van der Waals surface area contributed by atoms with Crippen LogP contribution in [0.15, 0.2) is 30.3 Å². The van der Waals surface area contributed by atoms with Crippen LogP contribution in [0.5, 0.6) is 5.75 Å². The number of carbonyl (C=O) groups excluding carboxylic acids is 2. The van der Waals surface area contributed by atoms with Crippen LogP contribution in [-0.4, -0.2) is 36.8 Å². The lowest BCUT2D eigenvalue weighted by atomic mass is 10.0. The van der Waals surface area contributed by atoms with Crippen molar-refractivity contribution in [3.8, 4) is 5.75 Å². The van der Waals surface area contributed by atoms with Crippen molar-refractivity contribution in [3.05, 3.63) is 30.3 Å². The number of unbranched alkanes of at least 4 members (excludes halogenated alkanes) is 15. The van der Waals surface area contributed by atoms with Crippen molar-refractivity contribution in [2.24, 2.45) is 0 Å². The Kier molecular flexibility index (Phi) is 18.0. The Hall–Kier alpha value is -1.93. The lowest BCUT2D eigenvalue weighted by molar-refractivity contribution is -0.146. The molecule has 0 aliphatic heterocycles. The zero-order valence-corrected chi connectivity index (χ0v) is 22.8. The van der Waals surface area contributed by atoms with Crippen LogP contribution < -0.4 is 4.74 Å². The van der Waals surface area contributed by atoms with Gasteiger partial charge in [-0.1, -0.05) is 121 Å². The maximum Gasteiger partial charge on any atom is 0.327 e. The molecule has 0 heterocycles. The van der Waals surface area contributed by atoms with E-state index < -0.39 is 33.7 Å². The number of ether oxygens (including phenoxy) is 2. The monoisotopic (exact) mass is 526 g/mol. The van der Waals surface area contributed by atoms with Crippen LogP contribution in [-0.2, 0) is 24.4 Å². The molecule has 206 valence electrons. The van der Waals surface area contributed by atoms with Gasteiger partial charge < -0.3 is 9.47 Å². The average Bonchev–Trinajstić information content (AvgIpc) is 2.84. The minimum Gasteiger partial charge on any atom is -0.465 e. The summed E-state index contributed by atoms with van der Waals surface area (Å²) in [5.74, 6) is -1.86. The zero-order valence-electron chi connectivity index (χ0n) is 22.0. The van der Waals surface area contributed by atoms with Crippen molar-refractivity contribution < 1.29 is 32.0 Å². The van der Waals surface area contributed by atoms with E-state index in [0.29, 0.717) is 6.42 Å². The largest absolute Gasteiger partial charge is 0.465 e. The fourth-order valence-corrected chi connectivity index (χ4v) is 4.70. The molecule has 0 amide bonds. The third-order valence-electron chi connectivity index (χ3n) is 6.19. The summed E-state index contributed by atoms with van der Waals surface area (Å²) in [6.45, 7) is 2.30. The Balaban J connectivity index is 2.06. The molecule has 0 aromatic heterocycles. The van der Waals surface area contributed by atoms with Gasteiger partial charge in [0, 0.05) is 0 Å². The number of carbonyl (C=O) groups is 2. The summed E-state index contributed by atoms with van der Waals surface area (Å²) in [6.07, 6.45) is 18.8. The molecule has 1 rings (SSSR count). The van der Waals surface area contributed by atoms with Crippen LogP contribution in [0.3, 0.4) is 0 Å². The molecule has 1 aromatic carbocycles. The summed E-state index contributed by atoms with van der Waals surface area (Å²) >= 11 is 0. The maximum atomic E-state index is 12.2. The fraction of sp³-hybridized carbons (Fsp3) is 0.714. The first-order chi connectivity index (χ1) is 17.3. The second-order valence-corrected chi connectivity index (χ2v) is 11.1. The van der Waals surface area contributed by atoms with Crippen LogP contribution in [0.4, 0.5) is 0 Å². The van der Waals surface area contributed by atoms with Gasteiger partial charge in [0.15, 0.2) is 5.25 Å². The molecule has 0 saturated heterocycles. The highest BCUT2D eigenvalue weighted by atomic mass is 32.2. The van der Waals surface area contributed by atoms with E-state index in [4.69, 9.17) is 9.47 Å². The van der Waals surface area contributed by atoms with Crippen molar-refractivity contribution in [2.45, 2.75) is 121 Å². The van der Waals surface area contributed by atoms with Gasteiger partial charge in [0.1, 0.15) is 5.75 Å². The first-order valence-electron chi connectivity index (χ1n) is 13.7. The number of esters is 2. The van der Waals surface area contributed by atoms with Gasteiger partial charge in [0.2, 0.25) is 0 Å². The van der Waals surface area contributed by atoms with Crippen LogP contribution in [0.25, 0.3) is 0 Å². The van der Waals surface area contributed by atoms with Gasteiger partial charge in [-0.05, 0) is 18.6 Å². The molecule has 8 heteroatoms. The molecule has 0 saturated carbocycles. The van der Waals surface area contributed by atoms with Crippen molar-refractivity contribution in [2.75, 3.05) is 6.61 Å². The molecular weight excluding hydrogens is 480 g/mol. The number of hydrogen-bond donors (Lipinski definition) is 1. The lowest BCUT2D eigenvalue weighted by Gasteiger charge is -2.13. The van der Waals surface area contributed by atoms with Crippen LogP contribution >= 0.6 is 0 Å². The van der Waals surface area contributed by atoms with E-state index in [2.05, 4.69) is 6.92 Å². The first kappa shape index (κ1) is 32.1. The molecule has 0 aliphatic rings. The molecule has 1 unspecified atom stereocenters. The molecule has 1 aromatic rings. The standard InChI is InChI=1S/C28H46O7S/c1-2-3-4-5-6-7-8-9-10-11-12-13-14-15-16-20-23-34-28(30)26(36(31,32)33)24-27(29)35-25-21-18-17-19-22-25/h17-19,21-22,26H,2-16,20,23-24H2,1H3,(H,31,32,33). The summed E-state index contributed by atoms with van der Waals surface area (Å²) < 4.78 is 42.6. The predicted octanol–water partition coefficient (Wildman–Crippen LogP) is 7.04. The zero-order chi connectivity index (χ0) is 26.5. The van der Waals surface area contributed by atoms with Crippen LogP contribution in [0, 0.1) is 0 Å². The van der Waals surface area contributed by atoms with Crippen molar-refractivity contribution in [1.82, 2.24) is 0 Å². The van der Waals surface area contributed by atoms with Crippen molar-refractivity contribution in [3.63, 3.8) is 0 Å². The van der Waals surface area contributed by atoms with E-state index >= 15 is 0 Å². The van der Waals surface area contributed by atoms with Crippen LogP contribution in [0.2, 0.25) is 0 Å². The minimum absolute atomic E-state index is 0.0526. The molecule has 0 radical (unpaired) electrons. The van der Waals surface area contributed by atoms with E-state index in [1.165, 1.54) is 89.2 Å². The maximum absolute atomic E-state index is 12.2. The number of hydrogen-bond acceptors (Lipinski definition) is 6. The van der Waals surface area contributed by atoms with Crippen molar-refractivity contribution in [1.29, 1.82) is 0 Å². The summed E-state index contributed by atoms with van der Waals surface area (Å²) in [5, 5.41) is -1.99. The summed E-state index contributed by atoms with van der Waals surface area (Å²) in [4.78, 5) is 24.2. The molecule has 1 atom stereocenters.